The number of para-hydroxylation sites is 1. The molecule has 30 heavy (non-hydrogen) atoms. The van der Waals surface area contributed by atoms with Gasteiger partial charge in [0.1, 0.15) is 11.4 Å². The van der Waals surface area contributed by atoms with Crippen molar-refractivity contribution < 1.29 is 4.74 Å². The minimum atomic E-state index is 0.627. The van der Waals surface area contributed by atoms with Gasteiger partial charge >= 0.3 is 0 Å². The molecular weight excluding hydrogens is 370 g/mol. The number of fused-ring (bicyclic) bond motifs is 3. The second-order valence-corrected chi connectivity index (χ2v) is 7.28. The van der Waals surface area contributed by atoms with Crippen LogP contribution in [-0.4, -0.2) is 21.4 Å². The third kappa shape index (κ3) is 3.11. The van der Waals surface area contributed by atoms with E-state index in [1.54, 1.807) is 0 Å². The van der Waals surface area contributed by atoms with Crippen molar-refractivity contribution in [2.24, 2.45) is 0 Å². The molecule has 0 unspecified atom stereocenters. The van der Waals surface area contributed by atoms with Gasteiger partial charge in [-0.3, -0.25) is 4.98 Å². The molecule has 4 nitrogen and oxygen atoms in total. The van der Waals surface area contributed by atoms with E-state index < -0.39 is 0 Å². The molecule has 0 aliphatic rings. The van der Waals surface area contributed by atoms with Gasteiger partial charge in [-0.05, 0) is 49.2 Å². The molecule has 0 radical (unpaired) electrons. The van der Waals surface area contributed by atoms with Crippen LogP contribution in [0.2, 0.25) is 0 Å². The first-order valence-corrected chi connectivity index (χ1v) is 10.4. The molecule has 0 amide bonds. The summed E-state index contributed by atoms with van der Waals surface area (Å²) < 4.78 is 7.79. The normalized spacial score (nSPS) is 11.3. The molecule has 0 spiro atoms. The maximum Gasteiger partial charge on any atom is 0.120 e. The van der Waals surface area contributed by atoms with Gasteiger partial charge in [0.2, 0.25) is 0 Å². The van der Waals surface area contributed by atoms with Crippen molar-refractivity contribution in [1.82, 2.24) is 14.8 Å². The summed E-state index contributed by atoms with van der Waals surface area (Å²) in [6, 6.07) is 24.9. The van der Waals surface area contributed by atoms with E-state index in [4.69, 9.17) is 14.8 Å². The van der Waals surface area contributed by atoms with Gasteiger partial charge in [-0.15, -0.1) is 0 Å². The Morgan fingerprint density at radius 1 is 0.867 bits per heavy atom. The van der Waals surface area contributed by atoms with E-state index in [1.807, 2.05) is 48.1 Å². The van der Waals surface area contributed by atoms with Gasteiger partial charge in [-0.25, -0.2) is 4.68 Å². The molecular formula is C26H23N3O. The van der Waals surface area contributed by atoms with Crippen molar-refractivity contribution in [1.29, 1.82) is 0 Å². The summed E-state index contributed by atoms with van der Waals surface area (Å²) in [6.07, 6.45) is 2.96. The molecule has 148 valence electrons. The number of pyridine rings is 1. The van der Waals surface area contributed by atoms with E-state index in [0.29, 0.717) is 6.61 Å². The Morgan fingerprint density at radius 2 is 1.67 bits per heavy atom. The predicted molar refractivity (Wildman–Crippen MR) is 122 cm³/mol. The number of aromatic nitrogens is 3. The highest BCUT2D eigenvalue weighted by molar-refractivity contribution is 6.09. The second-order valence-electron chi connectivity index (χ2n) is 7.28. The SMILES string of the molecule is CCOc1ccc2ncc3c(-c4ccc(CC)cc4)nn(-c4ccccc4)c3c2c1. The second kappa shape index (κ2) is 7.64. The maximum atomic E-state index is 5.77. The molecule has 0 bridgehead atoms. The fraction of sp³-hybridized carbons (Fsp3) is 0.154. The molecule has 5 aromatic rings. The molecule has 0 aliphatic heterocycles. The molecule has 0 aliphatic carbocycles. The summed E-state index contributed by atoms with van der Waals surface area (Å²) in [4.78, 5) is 4.73. The Hall–Kier alpha value is -3.66. The lowest BCUT2D eigenvalue weighted by Crippen LogP contribution is -1.97. The van der Waals surface area contributed by atoms with E-state index in [1.165, 1.54) is 5.56 Å². The number of ether oxygens (including phenoxy) is 1. The van der Waals surface area contributed by atoms with E-state index in [2.05, 4.69) is 49.4 Å². The van der Waals surface area contributed by atoms with Gasteiger partial charge in [0.15, 0.2) is 0 Å². The highest BCUT2D eigenvalue weighted by Crippen LogP contribution is 2.35. The summed E-state index contributed by atoms with van der Waals surface area (Å²) in [7, 11) is 0. The lowest BCUT2D eigenvalue weighted by Gasteiger charge is -2.08. The quantitative estimate of drug-likeness (QED) is 0.357. The van der Waals surface area contributed by atoms with E-state index >= 15 is 0 Å². The average Bonchev–Trinajstić information content (AvgIpc) is 3.20. The zero-order valence-electron chi connectivity index (χ0n) is 17.2. The van der Waals surface area contributed by atoms with Crippen LogP contribution in [0, 0.1) is 0 Å². The predicted octanol–water partition coefficient (Wildman–Crippen LogP) is 6.20. The van der Waals surface area contributed by atoms with E-state index in [9.17, 15) is 0 Å². The fourth-order valence-corrected chi connectivity index (χ4v) is 3.89. The summed E-state index contributed by atoms with van der Waals surface area (Å²) in [5.41, 5.74) is 6.34. The fourth-order valence-electron chi connectivity index (χ4n) is 3.89. The summed E-state index contributed by atoms with van der Waals surface area (Å²) in [6.45, 7) is 4.79. The van der Waals surface area contributed by atoms with Gasteiger partial charge in [0.25, 0.3) is 0 Å². The number of aryl methyl sites for hydroxylation is 1. The molecule has 0 N–H and O–H groups in total. The largest absolute Gasteiger partial charge is 0.494 e. The highest BCUT2D eigenvalue weighted by Gasteiger charge is 2.17. The number of rotatable bonds is 5. The Labute approximate surface area is 175 Å². The zero-order valence-corrected chi connectivity index (χ0v) is 17.2. The van der Waals surface area contributed by atoms with Crippen LogP contribution in [0.5, 0.6) is 5.75 Å². The Balaban J connectivity index is 1.83. The summed E-state index contributed by atoms with van der Waals surface area (Å²) in [5, 5.41) is 7.11. The molecule has 2 heterocycles. The first-order valence-electron chi connectivity index (χ1n) is 10.4. The molecule has 2 aromatic heterocycles. The third-order valence-corrected chi connectivity index (χ3v) is 5.43. The highest BCUT2D eigenvalue weighted by atomic mass is 16.5. The number of benzene rings is 3. The van der Waals surface area contributed by atoms with Gasteiger partial charge in [0.05, 0.1) is 23.3 Å². The van der Waals surface area contributed by atoms with Crippen LogP contribution in [-0.2, 0) is 6.42 Å². The smallest absolute Gasteiger partial charge is 0.120 e. The molecule has 4 heteroatoms. The van der Waals surface area contributed by atoms with Crippen LogP contribution < -0.4 is 4.74 Å². The summed E-state index contributed by atoms with van der Waals surface area (Å²) in [5.74, 6) is 0.842. The Bertz CT molecular complexity index is 1320. The van der Waals surface area contributed by atoms with E-state index in [-0.39, 0.29) is 0 Å². The molecule has 0 atom stereocenters. The molecule has 0 saturated carbocycles. The lowest BCUT2D eigenvalue weighted by atomic mass is 10.0. The Morgan fingerprint density at radius 3 is 2.40 bits per heavy atom. The van der Waals surface area contributed by atoms with Crippen molar-refractivity contribution in [2.75, 3.05) is 6.61 Å². The van der Waals surface area contributed by atoms with E-state index in [0.717, 1.165) is 50.9 Å². The van der Waals surface area contributed by atoms with Crippen molar-refractivity contribution in [3.63, 3.8) is 0 Å². The third-order valence-electron chi connectivity index (χ3n) is 5.43. The van der Waals surface area contributed by atoms with Crippen molar-refractivity contribution >= 4 is 21.8 Å². The van der Waals surface area contributed by atoms with Crippen LogP contribution in [0.4, 0.5) is 0 Å². The Kier molecular flexibility index (Phi) is 4.68. The monoisotopic (exact) mass is 393 g/mol. The molecule has 5 rings (SSSR count). The van der Waals surface area contributed by atoms with Crippen LogP contribution in [0.15, 0.2) is 79.0 Å². The molecule has 0 fully saturated rings. The van der Waals surface area contributed by atoms with Crippen molar-refractivity contribution in [3.8, 4) is 22.7 Å². The first kappa shape index (κ1) is 18.4. The number of nitrogens with zero attached hydrogens (tertiary/aromatic N) is 3. The van der Waals surface area contributed by atoms with Crippen molar-refractivity contribution in [3.05, 3.63) is 84.6 Å². The van der Waals surface area contributed by atoms with Gasteiger partial charge in [-0.2, -0.15) is 5.10 Å². The van der Waals surface area contributed by atoms with Gasteiger partial charge < -0.3 is 4.74 Å². The van der Waals surface area contributed by atoms with Gasteiger partial charge in [0, 0.05) is 22.5 Å². The number of hydrogen-bond acceptors (Lipinski definition) is 3. The molecule has 3 aromatic carbocycles. The minimum absolute atomic E-state index is 0.627. The maximum absolute atomic E-state index is 5.77. The van der Waals surface area contributed by atoms with Gasteiger partial charge in [-0.1, -0.05) is 49.4 Å². The van der Waals surface area contributed by atoms with Crippen LogP contribution in [0.3, 0.4) is 0 Å². The van der Waals surface area contributed by atoms with Crippen molar-refractivity contribution in [2.45, 2.75) is 20.3 Å². The zero-order chi connectivity index (χ0) is 20.5. The lowest BCUT2D eigenvalue weighted by molar-refractivity contribution is 0.341. The topological polar surface area (TPSA) is 39.9 Å². The standard InChI is InChI=1S/C26H23N3O/c1-3-18-10-12-19(13-11-18)25-23-17-27-24-15-14-21(30-4-2)16-22(24)26(23)29(28-25)20-8-6-5-7-9-20/h5-17H,3-4H2,1-2H3. The van der Waals surface area contributed by atoms with Crippen LogP contribution in [0.25, 0.3) is 38.8 Å². The first-order chi connectivity index (χ1) is 14.8. The number of hydrogen-bond donors (Lipinski definition) is 0. The average molecular weight is 393 g/mol. The minimum Gasteiger partial charge on any atom is -0.494 e. The summed E-state index contributed by atoms with van der Waals surface area (Å²) >= 11 is 0. The van der Waals surface area contributed by atoms with Crippen LogP contribution in [0.1, 0.15) is 19.4 Å². The van der Waals surface area contributed by atoms with Crippen LogP contribution >= 0.6 is 0 Å². The molecule has 0 saturated heterocycles.